The van der Waals surface area contributed by atoms with Crippen LogP contribution in [0.15, 0.2) is 97.7 Å². The molecule has 1 aliphatic carbocycles. The molecule has 156 valence electrons. The number of fused-ring (bicyclic) bond motifs is 4. The Balaban J connectivity index is 1.26. The number of para-hydroxylation sites is 1. The highest BCUT2D eigenvalue weighted by atomic mass is 16.4. The third-order valence-corrected chi connectivity index (χ3v) is 6.05. The molecular weight excluding hydrogens is 416 g/mol. The zero-order chi connectivity index (χ0) is 22.1. The number of Topliss-reactive ketones (excluding diaryl/α,β-unsaturated/α-hetero) is 2. The van der Waals surface area contributed by atoms with Crippen LogP contribution in [-0.4, -0.2) is 11.6 Å². The number of carbonyl (C=O) groups excluding carboxylic acids is 2. The molecule has 0 unspecified atom stereocenters. The van der Waals surface area contributed by atoms with E-state index in [2.05, 4.69) is 0 Å². The SMILES string of the molecule is O=C1C(=Cc2cc3oc(-c4cc5ccccc5o4)cc3o2)C(=O)c2cc3ccccc3cc21. The molecule has 0 aliphatic heterocycles. The predicted octanol–water partition coefficient (Wildman–Crippen LogP) is 7.05. The molecule has 0 amide bonds. The van der Waals surface area contributed by atoms with Gasteiger partial charge in [-0.05, 0) is 41.1 Å². The summed E-state index contributed by atoms with van der Waals surface area (Å²) in [7, 11) is 0. The van der Waals surface area contributed by atoms with Gasteiger partial charge >= 0.3 is 0 Å². The van der Waals surface area contributed by atoms with Gasteiger partial charge in [-0.25, -0.2) is 0 Å². The molecule has 0 radical (unpaired) electrons. The Kier molecular flexibility index (Phi) is 3.51. The van der Waals surface area contributed by atoms with E-state index in [1.807, 2.05) is 54.6 Å². The molecule has 0 atom stereocenters. The Morgan fingerprint density at radius 2 is 1.12 bits per heavy atom. The maximum absolute atomic E-state index is 13.0. The van der Waals surface area contributed by atoms with Gasteiger partial charge in [-0.1, -0.05) is 42.5 Å². The molecule has 7 rings (SSSR count). The van der Waals surface area contributed by atoms with Crippen LogP contribution in [0.2, 0.25) is 0 Å². The number of carbonyl (C=O) groups is 2. The van der Waals surface area contributed by atoms with Gasteiger partial charge in [0.05, 0.1) is 5.57 Å². The van der Waals surface area contributed by atoms with Crippen molar-refractivity contribution in [2.45, 2.75) is 0 Å². The van der Waals surface area contributed by atoms with Crippen molar-refractivity contribution in [2.24, 2.45) is 0 Å². The second-order valence-corrected chi connectivity index (χ2v) is 8.10. The van der Waals surface area contributed by atoms with Crippen LogP contribution < -0.4 is 0 Å². The molecule has 6 aromatic rings. The van der Waals surface area contributed by atoms with Crippen LogP contribution in [-0.2, 0) is 0 Å². The zero-order valence-electron chi connectivity index (χ0n) is 17.1. The van der Waals surface area contributed by atoms with E-state index in [-0.39, 0.29) is 17.1 Å². The van der Waals surface area contributed by atoms with Crippen LogP contribution in [0.1, 0.15) is 26.5 Å². The van der Waals surface area contributed by atoms with Crippen molar-refractivity contribution in [1.82, 2.24) is 0 Å². The summed E-state index contributed by atoms with van der Waals surface area (Å²) in [5.74, 6) is 0.944. The fourth-order valence-corrected chi connectivity index (χ4v) is 4.43. The number of rotatable bonds is 2. The van der Waals surface area contributed by atoms with Gasteiger partial charge < -0.3 is 13.3 Å². The van der Waals surface area contributed by atoms with Crippen molar-refractivity contribution in [1.29, 1.82) is 0 Å². The topological polar surface area (TPSA) is 73.6 Å². The summed E-state index contributed by atoms with van der Waals surface area (Å²) in [6.07, 6.45) is 1.49. The van der Waals surface area contributed by atoms with Gasteiger partial charge in [0.15, 0.2) is 34.3 Å². The van der Waals surface area contributed by atoms with Crippen molar-refractivity contribution in [3.8, 4) is 11.5 Å². The molecule has 0 bridgehead atoms. The first-order chi connectivity index (χ1) is 16.1. The lowest BCUT2D eigenvalue weighted by atomic mass is 10.0. The van der Waals surface area contributed by atoms with Crippen molar-refractivity contribution < 1.29 is 22.8 Å². The molecule has 1 aliphatic rings. The van der Waals surface area contributed by atoms with Gasteiger partial charge in [-0.15, -0.1) is 0 Å². The second-order valence-electron chi connectivity index (χ2n) is 8.10. The number of hydrogen-bond acceptors (Lipinski definition) is 5. The minimum absolute atomic E-state index is 0.0919. The summed E-state index contributed by atoms with van der Waals surface area (Å²) < 4.78 is 17.6. The standard InChI is InChI=1S/C28H14O5/c29-27-19-9-15-5-1-2-6-16(15)10-20(19)28(30)21(27)12-18-13-24-25(31-18)14-26(33-24)23-11-17-7-3-4-8-22(17)32-23/h1-14H. The summed E-state index contributed by atoms with van der Waals surface area (Å²) >= 11 is 0. The van der Waals surface area contributed by atoms with E-state index in [0.29, 0.717) is 39.6 Å². The summed E-state index contributed by atoms with van der Waals surface area (Å²) in [5, 5.41) is 2.83. The van der Waals surface area contributed by atoms with Gasteiger partial charge in [-0.3, -0.25) is 9.59 Å². The van der Waals surface area contributed by atoms with E-state index in [4.69, 9.17) is 13.3 Å². The third-order valence-electron chi connectivity index (χ3n) is 6.05. The fourth-order valence-electron chi connectivity index (χ4n) is 4.43. The molecule has 3 aromatic carbocycles. The van der Waals surface area contributed by atoms with Crippen molar-refractivity contribution in [2.75, 3.05) is 0 Å². The highest BCUT2D eigenvalue weighted by Crippen LogP contribution is 2.35. The maximum Gasteiger partial charge on any atom is 0.197 e. The van der Waals surface area contributed by atoms with E-state index < -0.39 is 0 Å². The first kappa shape index (κ1) is 18.0. The fraction of sp³-hybridized carbons (Fsp3) is 0. The first-order valence-electron chi connectivity index (χ1n) is 10.5. The van der Waals surface area contributed by atoms with Gasteiger partial charge in [0.2, 0.25) is 0 Å². The smallest absolute Gasteiger partial charge is 0.197 e. The van der Waals surface area contributed by atoms with Crippen LogP contribution in [0.5, 0.6) is 0 Å². The molecule has 0 saturated heterocycles. The van der Waals surface area contributed by atoms with Crippen LogP contribution in [0.25, 0.3) is 50.5 Å². The minimum atomic E-state index is -0.295. The third kappa shape index (κ3) is 2.66. The van der Waals surface area contributed by atoms with Gasteiger partial charge in [0, 0.05) is 28.6 Å². The highest BCUT2D eigenvalue weighted by Gasteiger charge is 2.33. The molecule has 0 spiro atoms. The number of furan rings is 3. The van der Waals surface area contributed by atoms with E-state index in [0.717, 1.165) is 21.7 Å². The summed E-state index contributed by atoms with van der Waals surface area (Å²) in [6.45, 7) is 0. The average molecular weight is 430 g/mol. The minimum Gasteiger partial charge on any atom is -0.453 e. The van der Waals surface area contributed by atoms with Crippen LogP contribution in [0.4, 0.5) is 0 Å². The summed E-state index contributed by atoms with van der Waals surface area (Å²) in [5.41, 5.74) is 2.74. The quantitative estimate of drug-likeness (QED) is 0.217. The summed E-state index contributed by atoms with van der Waals surface area (Å²) in [4.78, 5) is 25.9. The number of allylic oxidation sites excluding steroid dienone is 1. The predicted molar refractivity (Wildman–Crippen MR) is 124 cm³/mol. The van der Waals surface area contributed by atoms with Gasteiger partial charge in [0.25, 0.3) is 0 Å². The molecule has 0 N–H and O–H groups in total. The molecule has 3 heterocycles. The molecule has 33 heavy (non-hydrogen) atoms. The lowest BCUT2D eigenvalue weighted by molar-refractivity contribution is 0.0990. The number of ketones is 2. The van der Waals surface area contributed by atoms with Crippen molar-refractivity contribution in [3.63, 3.8) is 0 Å². The zero-order valence-corrected chi connectivity index (χ0v) is 17.1. The van der Waals surface area contributed by atoms with E-state index in [1.54, 1.807) is 24.3 Å². The first-order valence-corrected chi connectivity index (χ1v) is 10.5. The molecule has 3 aromatic heterocycles. The molecule has 5 nitrogen and oxygen atoms in total. The Bertz CT molecular complexity index is 1680. The molecular formula is C28H14O5. The van der Waals surface area contributed by atoms with E-state index in [1.165, 1.54) is 6.08 Å². The normalized spacial score (nSPS) is 13.5. The van der Waals surface area contributed by atoms with Gasteiger partial charge in [-0.2, -0.15) is 0 Å². The molecule has 5 heteroatoms. The average Bonchev–Trinajstić information content (AvgIpc) is 3.57. The Labute approximate surface area is 186 Å². The monoisotopic (exact) mass is 430 g/mol. The van der Waals surface area contributed by atoms with Crippen molar-refractivity contribution in [3.05, 3.63) is 101 Å². The number of hydrogen-bond donors (Lipinski definition) is 0. The van der Waals surface area contributed by atoms with Crippen LogP contribution in [0.3, 0.4) is 0 Å². The Morgan fingerprint density at radius 1 is 0.545 bits per heavy atom. The van der Waals surface area contributed by atoms with Gasteiger partial charge in [0.1, 0.15) is 11.3 Å². The van der Waals surface area contributed by atoms with Crippen LogP contribution in [0, 0.1) is 0 Å². The molecule has 0 saturated carbocycles. The Morgan fingerprint density at radius 3 is 1.79 bits per heavy atom. The van der Waals surface area contributed by atoms with E-state index >= 15 is 0 Å². The largest absolute Gasteiger partial charge is 0.453 e. The number of benzene rings is 3. The van der Waals surface area contributed by atoms with E-state index in [9.17, 15) is 9.59 Å². The lowest BCUT2D eigenvalue weighted by Crippen LogP contribution is -1.99. The molecule has 0 fully saturated rings. The second kappa shape index (κ2) is 6.43. The van der Waals surface area contributed by atoms with Crippen LogP contribution >= 0.6 is 0 Å². The summed E-state index contributed by atoms with van der Waals surface area (Å²) in [6, 6.07) is 24.3. The van der Waals surface area contributed by atoms with Crippen molar-refractivity contribution >= 4 is 50.6 Å². The maximum atomic E-state index is 13.0. The lowest BCUT2D eigenvalue weighted by Gasteiger charge is -2.00. The highest BCUT2D eigenvalue weighted by molar-refractivity contribution is 6.42. The Hall–Kier alpha value is -4.64.